The van der Waals surface area contributed by atoms with Crippen molar-refractivity contribution in [3.8, 4) is 11.5 Å². The monoisotopic (exact) mass is 225 g/mol. The molecule has 90 valence electrons. The quantitative estimate of drug-likeness (QED) is 0.437. The van der Waals surface area contributed by atoms with Crippen molar-refractivity contribution in [2.24, 2.45) is 0 Å². The number of aliphatic hydroxyl groups excluding tert-OH is 1. The van der Waals surface area contributed by atoms with Gasteiger partial charge in [-0.2, -0.15) is 0 Å². The normalized spacial score (nSPS) is 12.6. The molecule has 0 amide bonds. The lowest BCUT2D eigenvalue weighted by atomic mass is 10.1. The van der Waals surface area contributed by atoms with Crippen LogP contribution in [0.5, 0.6) is 11.5 Å². The number of benzene rings is 1. The van der Waals surface area contributed by atoms with Gasteiger partial charge < -0.3 is 20.6 Å². The van der Waals surface area contributed by atoms with Gasteiger partial charge in [0.05, 0.1) is 6.10 Å². The van der Waals surface area contributed by atoms with Gasteiger partial charge in [0.1, 0.15) is 0 Å². The van der Waals surface area contributed by atoms with Gasteiger partial charge in [0.2, 0.25) is 0 Å². The standard InChI is InChI=1S/C12H19NO3/c1-2-3-6-13-8-12(16)9-4-5-10(14)11(15)7-9/h4-5,7,12-16H,2-3,6,8H2,1H3/t12-/m1/s1. The average molecular weight is 225 g/mol. The number of aromatic hydroxyl groups is 2. The summed E-state index contributed by atoms with van der Waals surface area (Å²) in [5.74, 6) is -0.375. The van der Waals surface area contributed by atoms with E-state index in [-0.39, 0.29) is 11.5 Å². The Balaban J connectivity index is 2.46. The van der Waals surface area contributed by atoms with E-state index in [0.717, 1.165) is 19.4 Å². The lowest BCUT2D eigenvalue weighted by Gasteiger charge is -2.12. The SMILES string of the molecule is CCCCNC[C@@H](O)c1ccc(O)c(O)c1. The fourth-order valence-electron chi connectivity index (χ4n) is 1.41. The van der Waals surface area contributed by atoms with Crippen molar-refractivity contribution in [3.05, 3.63) is 23.8 Å². The zero-order valence-electron chi connectivity index (χ0n) is 9.48. The number of phenolic OH excluding ortho intramolecular Hbond substituents is 2. The van der Waals surface area contributed by atoms with Crippen LogP contribution in [0.3, 0.4) is 0 Å². The number of hydrogen-bond donors (Lipinski definition) is 4. The minimum atomic E-state index is -0.664. The first-order valence-corrected chi connectivity index (χ1v) is 5.55. The lowest BCUT2D eigenvalue weighted by Crippen LogP contribution is -2.22. The van der Waals surface area contributed by atoms with Crippen LogP contribution >= 0.6 is 0 Å². The van der Waals surface area contributed by atoms with Crippen LogP contribution in [0.4, 0.5) is 0 Å². The molecule has 0 radical (unpaired) electrons. The van der Waals surface area contributed by atoms with E-state index in [0.29, 0.717) is 12.1 Å². The third-order valence-electron chi connectivity index (χ3n) is 2.43. The summed E-state index contributed by atoms with van der Waals surface area (Å²) in [5.41, 5.74) is 0.597. The van der Waals surface area contributed by atoms with Crippen LogP contribution in [0.25, 0.3) is 0 Å². The Bertz CT molecular complexity index is 328. The van der Waals surface area contributed by atoms with Gasteiger partial charge in [0.15, 0.2) is 11.5 Å². The van der Waals surface area contributed by atoms with E-state index in [1.807, 2.05) is 0 Å². The molecule has 0 bridgehead atoms. The van der Waals surface area contributed by atoms with Gasteiger partial charge >= 0.3 is 0 Å². The fourth-order valence-corrected chi connectivity index (χ4v) is 1.41. The van der Waals surface area contributed by atoms with E-state index >= 15 is 0 Å². The molecule has 0 spiro atoms. The maximum Gasteiger partial charge on any atom is 0.157 e. The van der Waals surface area contributed by atoms with Gasteiger partial charge in [-0.3, -0.25) is 0 Å². The molecule has 0 heterocycles. The Labute approximate surface area is 95.6 Å². The van der Waals surface area contributed by atoms with E-state index in [1.54, 1.807) is 6.07 Å². The van der Waals surface area contributed by atoms with E-state index in [2.05, 4.69) is 12.2 Å². The van der Waals surface area contributed by atoms with Crippen LogP contribution in [-0.2, 0) is 0 Å². The minimum absolute atomic E-state index is 0.171. The van der Waals surface area contributed by atoms with Gasteiger partial charge in [-0.1, -0.05) is 19.4 Å². The molecule has 1 atom stereocenters. The molecule has 1 aromatic rings. The summed E-state index contributed by atoms with van der Waals surface area (Å²) in [6, 6.07) is 4.35. The summed E-state index contributed by atoms with van der Waals surface area (Å²) >= 11 is 0. The number of aliphatic hydroxyl groups is 1. The van der Waals surface area contributed by atoms with Crippen molar-refractivity contribution in [2.75, 3.05) is 13.1 Å². The second-order valence-electron chi connectivity index (χ2n) is 3.82. The Morgan fingerprint density at radius 2 is 2.00 bits per heavy atom. The van der Waals surface area contributed by atoms with Crippen LogP contribution in [-0.4, -0.2) is 28.4 Å². The van der Waals surface area contributed by atoms with Crippen molar-refractivity contribution in [1.82, 2.24) is 5.32 Å². The van der Waals surface area contributed by atoms with Crippen LogP contribution in [0.2, 0.25) is 0 Å². The first-order valence-electron chi connectivity index (χ1n) is 5.55. The first kappa shape index (κ1) is 12.8. The Morgan fingerprint density at radius 3 is 2.62 bits per heavy atom. The molecule has 0 unspecified atom stereocenters. The maximum absolute atomic E-state index is 9.78. The molecule has 0 aliphatic carbocycles. The Morgan fingerprint density at radius 1 is 1.25 bits per heavy atom. The summed E-state index contributed by atoms with van der Waals surface area (Å²) in [6.45, 7) is 3.43. The zero-order chi connectivity index (χ0) is 12.0. The summed E-state index contributed by atoms with van der Waals surface area (Å²) in [4.78, 5) is 0. The smallest absolute Gasteiger partial charge is 0.157 e. The highest BCUT2D eigenvalue weighted by Gasteiger charge is 2.09. The Kier molecular flexibility index (Phi) is 5.08. The van der Waals surface area contributed by atoms with Crippen molar-refractivity contribution >= 4 is 0 Å². The number of unbranched alkanes of at least 4 members (excludes halogenated alkanes) is 1. The second kappa shape index (κ2) is 6.35. The molecular weight excluding hydrogens is 206 g/mol. The third kappa shape index (κ3) is 3.72. The van der Waals surface area contributed by atoms with E-state index in [9.17, 15) is 10.2 Å². The topological polar surface area (TPSA) is 72.7 Å². The molecule has 1 rings (SSSR count). The number of nitrogens with one attached hydrogen (secondary N) is 1. The van der Waals surface area contributed by atoms with Crippen molar-refractivity contribution < 1.29 is 15.3 Å². The molecule has 1 aromatic carbocycles. The third-order valence-corrected chi connectivity index (χ3v) is 2.43. The highest BCUT2D eigenvalue weighted by Crippen LogP contribution is 2.27. The zero-order valence-corrected chi connectivity index (χ0v) is 9.48. The van der Waals surface area contributed by atoms with Gasteiger partial charge in [0, 0.05) is 6.54 Å². The molecule has 0 saturated carbocycles. The van der Waals surface area contributed by atoms with Crippen molar-refractivity contribution in [2.45, 2.75) is 25.9 Å². The van der Waals surface area contributed by atoms with Crippen molar-refractivity contribution in [3.63, 3.8) is 0 Å². The largest absolute Gasteiger partial charge is 0.504 e. The molecule has 4 heteroatoms. The molecule has 4 nitrogen and oxygen atoms in total. The van der Waals surface area contributed by atoms with E-state index < -0.39 is 6.10 Å². The molecule has 0 aromatic heterocycles. The summed E-state index contributed by atoms with van der Waals surface area (Å²) < 4.78 is 0. The summed E-state index contributed by atoms with van der Waals surface area (Å²) in [6.07, 6.45) is 1.53. The summed E-state index contributed by atoms with van der Waals surface area (Å²) in [7, 11) is 0. The number of hydrogen-bond acceptors (Lipinski definition) is 4. The molecule has 0 saturated heterocycles. The van der Waals surface area contributed by atoms with Gasteiger partial charge in [-0.05, 0) is 30.7 Å². The lowest BCUT2D eigenvalue weighted by molar-refractivity contribution is 0.174. The first-order chi connectivity index (χ1) is 7.65. The molecular formula is C12H19NO3. The molecule has 16 heavy (non-hydrogen) atoms. The predicted molar refractivity (Wildman–Crippen MR) is 62.5 cm³/mol. The van der Waals surface area contributed by atoms with Crippen LogP contribution in [0, 0.1) is 0 Å². The van der Waals surface area contributed by atoms with E-state index in [1.165, 1.54) is 12.1 Å². The Hall–Kier alpha value is -1.26. The number of rotatable bonds is 6. The van der Waals surface area contributed by atoms with Crippen LogP contribution in [0.1, 0.15) is 31.4 Å². The minimum Gasteiger partial charge on any atom is -0.504 e. The van der Waals surface area contributed by atoms with Crippen LogP contribution < -0.4 is 5.32 Å². The van der Waals surface area contributed by atoms with Gasteiger partial charge in [-0.15, -0.1) is 0 Å². The molecule has 4 N–H and O–H groups in total. The molecule has 0 aliphatic rings. The van der Waals surface area contributed by atoms with Crippen molar-refractivity contribution in [1.29, 1.82) is 0 Å². The predicted octanol–water partition coefficient (Wildman–Crippen LogP) is 1.52. The van der Waals surface area contributed by atoms with Gasteiger partial charge in [-0.25, -0.2) is 0 Å². The second-order valence-corrected chi connectivity index (χ2v) is 3.82. The maximum atomic E-state index is 9.78. The fraction of sp³-hybridized carbons (Fsp3) is 0.500. The molecule has 0 fully saturated rings. The van der Waals surface area contributed by atoms with Gasteiger partial charge in [0.25, 0.3) is 0 Å². The van der Waals surface area contributed by atoms with Crippen LogP contribution in [0.15, 0.2) is 18.2 Å². The summed E-state index contributed by atoms with van der Waals surface area (Å²) in [5, 5.41) is 31.3. The number of phenols is 2. The van der Waals surface area contributed by atoms with E-state index in [4.69, 9.17) is 5.11 Å². The average Bonchev–Trinajstić information content (AvgIpc) is 2.28. The molecule has 0 aliphatic heterocycles. The highest BCUT2D eigenvalue weighted by atomic mass is 16.3. The highest BCUT2D eigenvalue weighted by molar-refractivity contribution is 5.41.